The summed E-state index contributed by atoms with van der Waals surface area (Å²) in [6.45, 7) is 1.56. The van der Waals surface area contributed by atoms with Gasteiger partial charge < -0.3 is 14.5 Å². The molecule has 0 radical (unpaired) electrons. The molecule has 5 nitrogen and oxygen atoms in total. The van der Waals surface area contributed by atoms with Crippen LogP contribution in [0.3, 0.4) is 0 Å². The summed E-state index contributed by atoms with van der Waals surface area (Å²) in [6.07, 6.45) is 0.677. The van der Waals surface area contributed by atoms with Gasteiger partial charge in [0.25, 0.3) is 0 Å². The molecule has 1 unspecified atom stereocenters. The number of rotatable bonds is 5. The minimum atomic E-state index is -0.270. The average Bonchev–Trinajstić information content (AvgIpc) is 2.66. The second-order valence-electron chi connectivity index (χ2n) is 6.64. The summed E-state index contributed by atoms with van der Waals surface area (Å²) in [7, 11) is 3.88. The zero-order valence-corrected chi connectivity index (χ0v) is 15.2. The third-order valence-corrected chi connectivity index (χ3v) is 4.48. The van der Waals surface area contributed by atoms with Gasteiger partial charge in [0.2, 0.25) is 5.91 Å². The first-order chi connectivity index (χ1) is 12.5. The van der Waals surface area contributed by atoms with Crippen LogP contribution in [0.25, 0.3) is 0 Å². The highest BCUT2D eigenvalue weighted by atomic mass is 19.1. The normalized spacial score (nSPS) is 17.2. The Balaban J connectivity index is 1.61. The maximum atomic E-state index is 13.3. The first-order valence-electron chi connectivity index (χ1n) is 8.81. The van der Waals surface area contributed by atoms with E-state index in [0.717, 1.165) is 17.1 Å². The monoisotopic (exact) mass is 357 g/mol. The zero-order valence-electron chi connectivity index (χ0n) is 15.2. The Bertz CT molecular complexity index is 766. The number of pyridine rings is 1. The van der Waals surface area contributed by atoms with E-state index in [-0.39, 0.29) is 17.8 Å². The number of nitrogens with zero attached hydrogens (tertiary/aromatic N) is 3. The predicted molar refractivity (Wildman–Crippen MR) is 98.6 cm³/mol. The van der Waals surface area contributed by atoms with Crippen molar-refractivity contribution in [2.45, 2.75) is 18.9 Å². The highest BCUT2D eigenvalue weighted by Crippen LogP contribution is 2.23. The van der Waals surface area contributed by atoms with E-state index in [1.165, 1.54) is 12.1 Å². The topological polar surface area (TPSA) is 45.7 Å². The van der Waals surface area contributed by atoms with E-state index in [1.54, 1.807) is 6.07 Å². The van der Waals surface area contributed by atoms with Crippen molar-refractivity contribution in [2.24, 2.45) is 0 Å². The Morgan fingerprint density at radius 3 is 2.88 bits per heavy atom. The lowest BCUT2D eigenvalue weighted by Crippen LogP contribution is -2.42. The van der Waals surface area contributed by atoms with Gasteiger partial charge >= 0.3 is 0 Å². The van der Waals surface area contributed by atoms with Crippen molar-refractivity contribution >= 4 is 11.7 Å². The number of hydrogen-bond acceptors (Lipinski definition) is 4. The van der Waals surface area contributed by atoms with Crippen LogP contribution in [0.15, 0.2) is 42.5 Å². The van der Waals surface area contributed by atoms with E-state index in [0.29, 0.717) is 32.5 Å². The summed E-state index contributed by atoms with van der Waals surface area (Å²) in [5.74, 6) is 0.653. The van der Waals surface area contributed by atoms with Crippen LogP contribution in [0.5, 0.6) is 0 Å². The summed E-state index contributed by atoms with van der Waals surface area (Å²) in [5.41, 5.74) is 1.67. The van der Waals surface area contributed by atoms with Crippen molar-refractivity contribution < 1.29 is 13.9 Å². The summed E-state index contributed by atoms with van der Waals surface area (Å²) in [5, 5.41) is 0. The molecule has 138 valence electrons. The Hall–Kier alpha value is -2.47. The molecule has 1 aliphatic heterocycles. The van der Waals surface area contributed by atoms with E-state index >= 15 is 0 Å². The molecule has 3 rings (SSSR count). The second-order valence-corrected chi connectivity index (χ2v) is 6.64. The number of halogens is 1. The van der Waals surface area contributed by atoms with Crippen LogP contribution in [-0.2, 0) is 16.0 Å². The van der Waals surface area contributed by atoms with Crippen LogP contribution in [0.4, 0.5) is 10.2 Å². The van der Waals surface area contributed by atoms with Crippen molar-refractivity contribution in [3.8, 4) is 0 Å². The fourth-order valence-electron chi connectivity index (χ4n) is 3.02. The molecule has 1 aliphatic rings. The SMILES string of the molecule is CN(C)c1cccc(C2CN(C(=O)CCc3cccc(F)c3)CCO2)n1. The van der Waals surface area contributed by atoms with Gasteiger partial charge in [-0.15, -0.1) is 0 Å². The van der Waals surface area contributed by atoms with Gasteiger partial charge in [-0.3, -0.25) is 4.79 Å². The fourth-order valence-corrected chi connectivity index (χ4v) is 3.02. The molecule has 1 amide bonds. The van der Waals surface area contributed by atoms with Gasteiger partial charge in [-0.25, -0.2) is 9.37 Å². The maximum absolute atomic E-state index is 13.3. The van der Waals surface area contributed by atoms with E-state index in [2.05, 4.69) is 4.98 Å². The molecule has 2 heterocycles. The first-order valence-corrected chi connectivity index (χ1v) is 8.81. The van der Waals surface area contributed by atoms with Gasteiger partial charge in [0, 0.05) is 27.1 Å². The van der Waals surface area contributed by atoms with Gasteiger partial charge in [0.05, 0.1) is 18.8 Å². The number of benzene rings is 1. The molecule has 26 heavy (non-hydrogen) atoms. The Labute approximate surface area is 153 Å². The molecular formula is C20H24FN3O2. The van der Waals surface area contributed by atoms with Gasteiger partial charge in [0.1, 0.15) is 17.7 Å². The summed E-state index contributed by atoms with van der Waals surface area (Å²) >= 11 is 0. The molecule has 0 aliphatic carbocycles. The molecule has 1 aromatic carbocycles. The molecule has 6 heteroatoms. The van der Waals surface area contributed by atoms with Crippen LogP contribution >= 0.6 is 0 Å². The molecule has 0 saturated carbocycles. The van der Waals surface area contributed by atoms with Gasteiger partial charge in [-0.1, -0.05) is 18.2 Å². The minimum Gasteiger partial charge on any atom is -0.368 e. The second kappa shape index (κ2) is 8.27. The van der Waals surface area contributed by atoms with E-state index in [1.807, 2.05) is 48.2 Å². The van der Waals surface area contributed by atoms with E-state index < -0.39 is 0 Å². The number of aryl methyl sites for hydroxylation is 1. The predicted octanol–water partition coefficient (Wildman–Crippen LogP) is 2.82. The molecule has 1 fully saturated rings. The minimum absolute atomic E-state index is 0.0614. The number of amides is 1. The number of hydrogen-bond donors (Lipinski definition) is 0. The largest absolute Gasteiger partial charge is 0.368 e. The smallest absolute Gasteiger partial charge is 0.223 e. The fraction of sp³-hybridized carbons (Fsp3) is 0.400. The Morgan fingerprint density at radius 2 is 2.12 bits per heavy atom. The summed E-state index contributed by atoms with van der Waals surface area (Å²) in [6, 6.07) is 12.2. The zero-order chi connectivity index (χ0) is 18.5. The molecule has 1 aromatic heterocycles. The average molecular weight is 357 g/mol. The van der Waals surface area contributed by atoms with Gasteiger partial charge in [-0.05, 0) is 36.2 Å². The van der Waals surface area contributed by atoms with Crippen LogP contribution in [0.1, 0.15) is 23.8 Å². The standard InChI is InChI=1S/C20H24FN3O2/c1-23(2)19-8-4-7-17(22-19)18-14-24(11-12-26-18)20(25)10-9-15-5-3-6-16(21)13-15/h3-8,13,18H,9-12,14H2,1-2H3. The number of anilines is 1. The van der Waals surface area contributed by atoms with Crippen molar-refractivity contribution in [3.05, 3.63) is 59.5 Å². The van der Waals surface area contributed by atoms with Crippen LogP contribution in [0, 0.1) is 5.82 Å². The number of aromatic nitrogens is 1. The van der Waals surface area contributed by atoms with Crippen LogP contribution in [-0.4, -0.2) is 49.6 Å². The lowest BCUT2D eigenvalue weighted by atomic mass is 10.1. The first kappa shape index (κ1) is 18.3. The lowest BCUT2D eigenvalue weighted by Gasteiger charge is -2.33. The van der Waals surface area contributed by atoms with Crippen LogP contribution in [0.2, 0.25) is 0 Å². The number of carbonyl (C=O) groups is 1. The van der Waals surface area contributed by atoms with Crippen molar-refractivity contribution in [3.63, 3.8) is 0 Å². The Kier molecular flexibility index (Phi) is 5.83. The third kappa shape index (κ3) is 4.58. The number of carbonyl (C=O) groups excluding carboxylic acids is 1. The summed E-state index contributed by atoms with van der Waals surface area (Å²) in [4.78, 5) is 20.9. The van der Waals surface area contributed by atoms with Gasteiger partial charge in [-0.2, -0.15) is 0 Å². The van der Waals surface area contributed by atoms with Gasteiger partial charge in [0.15, 0.2) is 0 Å². The maximum Gasteiger partial charge on any atom is 0.223 e. The van der Waals surface area contributed by atoms with Crippen molar-refractivity contribution in [1.29, 1.82) is 0 Å². The summed E-state index contributed by atoms with van der Waals surface area (Å²) < 4.78 is 19.1. The molecule has 2 aromatic rings. The lowest BCUT2D eigenvalue weighted by molar-refractivity contribution is -0.139. The molecule has 1 atom stereocenters. The van der Waals surface area contributed by atoms with Crippen molar-refractivity contribution in [1.82, 2.24) is 9.88 Å². The molecule has 0 bridgehead atoms. The third-order valence-electron chi connectivity index (χ3n) is 4.48. The van der Waals surface area contributed by atoms with Crippen molar-refractivity contribution in [2.75, 3.05) is 38.7 Å². The van der Waals surface area contributed by atoms with E-state index in [9.17, 15) is 9.18 Å². The molecule has 1 saturated heterocycles. The number of ether oxygens (including phenoxy) is 1. The molecule has 0 N–H and O–H groups in total. The van der Waals surface area contributed by atoms with E-state index in [4.69, 9.17) is 4.74 Å². The molecule has 0 spiro atoms. The number of morpholine rings is 1. The quantitative estimate of drug-likeness (QED) is 0.826. The highest BCUT2D eigenvalue weighted by molar-refractivity contribution is 5.76. The van der Waals surface area contributed by atoms with Crippen LogP contribution < -0.4 is 4.90 Å². The molecular weight excluding hydrogens is 333 g/mol. The Morgan fingerprint density at radius 1 is 1.31 bits per heavy atom. The highest BCUT2D eigenvalue weighted by Gasteiger charge is 2.26.